The first-order valence-electron chi connectivity index (χ1n) is 8.86. The van der Waals surface area contributed by atoms with Crippen molar-refractivity contribution in [1.82, 2.24) is 20.0 Å². The number of carboxylic acids is 1. The lowest BCUT2D eigenvalue weighted by Crippen LogP contribution is -2.70. The molecule has 0 bridgehead atoms. The molecule has 1 aromatic heterocycles. The van der Waals surface area contributed by atoms with Crippen LogP contribution in [0, 0.1) is 6.92 Å². The molecule has 0 unspecified atom stereocenters. The van der Waals surface area contributed by atoms with Crippen molar-refractivity contribution in [2.24, 2.45) is 0 Å². The van der Waals surface area contributed by atoms with Crippen LogP contribution in [0.25, 0.3) is 0 Å². The van der Waals surface area contributed by atoms with Gasteiger partial charge in [-0.15, -0.1) is 11.8 Å². The molecule has 10 nitrogen and oxygen atoms in total. The van der Waals surface area contributed by atoms with Gasteiger partial charge in [0.1, 0.15) is 36.0 Å². The average Bonchev–Trinajstić information content (AvgIpc) is 2.98. The summed E-state index contributed by atoms with van der Waals surface area (Å²) in [6, 6.07) is -0.997. The van der Waals surface area contributed by atoms with E-state index in [9.17, 15) is 33.1 Å². The number of esters is 1. The van der Waals surface area contributed by atoms with Gasteiger partial charge in [0, 0.05) is 18.2 Å². The van der Waals surface area contributed by atoms with Crippen LogP contribution in [0.3, 0.4) is 0 Å². The Kier molecular flexibility index (Phi) is 6.55. The summed E-state index contributed by atoms with van der Waals surface area (Å²) in [6.45, 7) is 1.90. The monoisotopic (exact) mass is 478 g/mol. The summed E-state index contributed by atoms with van der Waals surface area (Å²) >= 11 is 7.01. The third kappa shape index (κ3) is 4.37. The number of β-lactam (4-membered cyclic amide) rings is 1. The van der Waals surface area contributed by atoms with Gasteiger partial charge in [-0.2, -0.15) is 5.10 Å². The molecule has 0 spiro atoms. The third-order valence-corrected chi connectivity index (χ3v) is 6.48. The van der Waals surface area contributed by atoms with Crippen LogP contribution in [0.2, 0.25) is 5.02 Å². The molecule has 31 heavy (non-hydrogen) atoms. The lowest BCUT2D eigenvalue weighted by molar-refractivity contribution is -0.151. The van der Waals surface area contributed by atoms with E-state index >= 15 is 0 Å². The highest BCUT2D eigenvalue weighted by molar-refractivity contribution is 8.00. The zero-order chi connectivity index (χ0) is 23.0. The van der Waals surface area contributed by atoms with E-state index in [1.54, 1.807) is 0 Å². The van der Waals surface area contributed by atoms with Gasteiger partial charge in [0.15, 0.2) is 0 Å². The molecule has 2 N–H and O–H groups in total. The highest BCUT2D eigenvalue weighted by Crippen LogP contribution is 2.40. The van der Waals surface area contributed by atoms with Crippen molar-refractivity contribution >= 4 is 47.1 Å². The fourth-order valence-corrected chi connectivity index (χ4v) is 4.72. The molecule has 2 atom stereocenters. The molecule has 0 saturated carbocycles. The van der Waals surface area contributed by atoms with Crippen molar-refractivity contribution in [3.05, 3.63) is 27.7 Å². The molecule has 1 fully saturated rings. The molecule has 1 saturated heterocycles. The van der Waals surface area contributed by atoms with E-state index in [4.69, 9.17) is 16.3 Å². The summed E-state index contributed by atoms with van der Waals surface area (Å²) in [5.41, 5.74) is -0.482. The highest BCUT2D eigenvalue weighted by atomic mass is 35.5. The Bertz CT molecular complexity index is 998. The van der Waals surface area contributed by atoms with Gasteiger partial charge in [0.2, 0.25) is 5.91 Å². The number of amides is 2. The van der Waals surface area contributed by atoms with E-state index in [0.717, 1.165) is 9.58 Å². The quantitative estimate of drug-likeness (QED) is 0.440. The van der Waals surface area contributed by atoms with Gasteiger partial charge in [0.25, 0.3) is 12.3 Å². The average molecular weight is 479 g/mol. The molecular weight excluding hydrogens is 462 g/mol. The van der Waals surface area contributed by atoms with Gasteiger partial charge in [-0.1, -0.05) is 11.6 Å². The number of thioether (sulfide) groups is 1. The van der Waals surface area contributed by atoms with E-state index in [2.05, 4.69) is 10.4 Å². The molecule has 2 aliphatic rings. The number of halogens is 3. The second kappa shape index (κ2) is 8.83. The Morgan fingerprint density at radius 2 is 2.10 bits per heavy atom. The number of nitrogens with one attached hydrogen (secondary N) is 1. The van der Waals surface area contributed by atoms with Crippen LogP contribution in [-0.4, -0.2) is 67.3 Å². The lowest BCUT2D eigenvalue weighted by atomic mass is 10.0. The number of alkyl halides is 2. The fourth-order valence-electron chi connectivity index (χ4n) is 3.18. The summed E-state index contributed by atoms with van der Waals surface area (Å²) in [7, 11) is 0. The van der Waals surface area contributed by atoms with E-state index in [0.29, 0.717) is 0 Å². The van der Waals surface area contributed by atoms with Crippen LogP contribution >= 0.6 is 23.4 Å². The van der Waals surface area contributed by atoms with E-state index in [-0.39, 0.29) is 34.3 Å². The Labute approximate surface area is 183 Å². The van der Waals surface area contributed by atoms with Crippen molar-refractivity contribution < 1.29 is 37.8 Å². The minimum Gasteiger partial charge on any atom is -0.477 e. The first kappa shape index (κ1) is 23.0. The van der Waals surface area contributed by atoms with Gasteiger partial charge in [-0.3, -0.25) is 24.0 Å². The molecule has 2 amide bonds. The highest BCUT2D eigenvalue weighted by Gasteiger charge is 2.54. The molecule has 1 aromatic rings. The number of ether oxygens (including phenoxy) is 1. The number of hydrogen-bond donors (Lipinski definition) is 2. The number of rotatable bonds is 7. The lowest BCUT2D eigenvalue weighted by Gasteiger charge is -2.49. The summed E-state index contributed by atoms with van der Waals surface area (Å²) in [6.07, 6.45) is -2.90. The Balaban J connectivity index is 1.70. The van der Waals surface area contributed by atoms with Crippen LogP contribution in [0.5, 0.6) is 0 Å². The zero-order valence-corrected chi connectivity index (χ0v) is 17.8. The number of aromatic nitrogens is 2. The number of nitrogens with zero attached hydrogens (tertiary/aromatic N) is 3. The van der Waals surface area contributed by atoms with Crippen LogP contribution in [0.4, 0.5) is 8.78 Å². The predicted molar refractivity (Wildman–Crippen MR) is 103 cm³/mol. The predicted octanol–water partition coefficient (Wildman–Crippen LogP) is 1.08. The van der Waals surface area contributed by atoms with Crippen LogP contribution in [0.15, 0.2) is 11.3 Å². The molecule has 0 aliphatic carbocycles. The first-order chi connectivity index (χ1) is 14.5. The van der Waals surface area contributed by atoms with Crippen LogP contribution < -0.4 is 5.32 Å². The Hall–Kier alpha value is -2.67. The molecule has 0 radical (unpaired) electrons. The molecule has 168 valence electrons. The summed E-state index contributed by atoms with van der Waals surface area (Å²) in [5, 5.41) is 14.7. The van der Waals surface area contributed by atoms with Crippen molar-refractivity contribution in [3.8, 4) is 0 Å². The standard InChI is InChI=1S/C17H17ClF2N4O6S/c1-6-10(18)11(14(19)20)22-23(6)3-9(26)21-12-15(27)24-13(17(28)29)8(4-30-7(2)25)5-31-16(12)24/h12,14,16H,3-5H2,1-2H3,(H,21,26)(H,28,29)/t12-,16-/m0/s1. The molecule has 2 aliphatic heterocycles. The van der Waals surface area contributed by atoms with Crippen molar-refractivity contribution in [2.45, 2.75) is 38.2 Å². The number of hydrogen-bond acceptors (Lipinski definition) is 7. The minimum atomic E-state index is -2.90. The largest absolute Gasteiger partial charge is 0.477 e. The van der Waals surface area contributed by atoms with Crippen molar-refractivity contribution in [3.63, 3.8) is 0 Å². The summed E-state index contributed by atoms with van der Waals surface area (Å²) < 4.78 is 31.7. The van der Waals surface area contributed by atoms with Gasteiger partial charge in [-0.25, -0.2) is 13.6 Å². The van der Waals surface area contributed by atoms with Crippen LogP contribution in [0.1, 0.15) is 24.7 Å². The van der Waals surface area contributed by atoms with Gasteiger partial charge in [-0.05, 0) is 6.92 Å². The maximum absolute atomic E-state index is 12.9. The molecule has 0 aromatic carbocycles. The fraction of sp³-hybridized carbons (Fsp3) is 0.471. The van der Waals surface area contributed by atoms with E-state index < -0.39 is 53.8 Å². The number of carboxylic acid groups (broad SMARTS) is 1. The van der Waals surface area contributed by atoms with Crippen LogP contribution in [-0.2, 0) is 30.5 Å². The number of carbonyl (C=O) groups excluding carboxylic acids is 3. The Morgan fingerprint density at radius 3 is 2.65 bits per heavy atom. The number of carbonyl (C=O) groups is 4. The van der Waals surface area contributed by atoms with Crippen molar-refractivity contribution in [1.29, 1.82) is 0 Å². The number of aliphatic carboxylic acids is 1. The minimum absolute atomic E-state index is 0.173. The zero-order valence-electron chi connectivity index (χ0n) is 16.2. The van der Waals surface area contributed by atoms with E-state index in [1.165, 1.54) is 25.6 Å². The van der Waals surface area contributed by atoms with Gasteiger partial charge in [0.05, 0.1) is 10.7 Å². The first-order valence-corrected chi connectivity index (χ1v) is 10.3. The number of fused-ring (bicyclic) bond motifs is 1. The maximum atomic E-state index is 12.9. The van der Waals surface area contributed by atoms with Gasteiger partial charge >= 0.3 is 11.9 Å². The molecule has 14 heteroatoms. The second-order valence-electron chi connectivity index (χ2n) is 6.74. The van der Waals surface area contributed by atoms with E-state index in [1.807, 2.05) is 0 Å². The van der Waals surface area contributed by atoms with Crippen molar-refractivity contribution in [2.75, 3.05) is 12.4 Å². The SMILES string of the molecule is CC(=O)OCC1=C(C(=O)O)N2C(=O)[C@H](NC(=O)Cn3nc(C(F)F)c(Cl)c3C)[C@@H]2SC1. The normalized spacial score (nSPS) is 20.5. The smallest absolute Gasteiger partial charge is 0.352 e. The summed E-state index contributed by atoms with van der Waals surface area (Å²) in [4.78, 5) is 48.6. The summed E-state index contributed by atoms with van der Waals surface area (Å²) in [5.74, 6) is -3.08. The molecule has 3 rings (SSSR count). The Morgan fingerprint density at radius 1 is 1.42 bits per heavy atom. The topological polar surface area (TPSA) is 131 Å². The molecule has 3 heterocycles. The third-order valence-electron chi connectivity index (χ3n) is 4.67. The molecular formula is C17H17ClF2N4O6S. The maximum Gasteiger partial charge on any atom is 0.352 e. The second-order valence-corrected chi connectivity index (χ2v) is 8.22. The van der Waals surface area contributed by atoms with Gasteiger partial charge < -0.3 is 15.2 Å².